The fourth-order valence-corrected chi connectivity index (χ4v) is 3.10. The van der Waals surface area contributed by atoms with E-state index in [2.05, 4.69) is 16.0 Å². The maximum atomic E-state index is 9.31. The number of H-pyrrole nitrogens is 1. The Morgan fingerprint density at radius 1 is 1.00 bits per heavy atom. The quantitative estimate of drug-likeness (QED) is 0.339. The summed E-state index contributed by atoms with van der Waals surface area (Å²) >= 11 is 6.59. The number of hydrogen-bond donors (Lipinski definition) is 2. The summed E-state index contributed by atoms with van der Waals surface area (Å²) in [5.41, 5.74) is 1.80. The smallest absolute Gasteiger partial charge is 0.159 e. The zero-order valence-corrected chi connectivity index (χ0v) is 13.9. The van der Waals surface area contributed by atoms with E-state index >= 15 is 0 Å². The number of phenolic OH excluding ortho intramolecular Hbond substituents is 1. The first-order chi connectivity index (χ1) is 10.2. The van der Waals surface area contributed by atoms with E-state index in [4.69, 9.17) is 12.2 Å². The first-order valence-electron chi connectivity index (χ1n) is 6.34. The number of pyridine rings is 1. The largest absolute Gasteiger partial charge is 0.506 e. The number of fused-ring (bicyclic) bond motifs is 2. The Morgan fingerprint density at radius 2 is 1.77 bits per heavy atom. The molecule has 2 aromatic heterocycles. The van der Waals surface area contributed by atoms with Crippen LogP contribution < -0.4 is 0 Å². The first kappa shape index (κ1) is 16.6. The summed E-state index contributed by atoms with van der Waals surface area (Å²) in [5.74, 6) is 0.239. The molecule has 0 aliphatic carbocycles. The summed E-state index contributed by atoms with van der Waals surface area (Å²) in [4.78, 5) is 7.12. The molecule has 2 aromatic carbocycles. The van der Waals surface area contributed by atoms with Crippen molar-refractivity contribution in [2.75, 3.05) is 0 Å². The van der Waals surface area contributed by atoms with Gasteiger partial charge >= 0.3 is 0 Å². The van der Waals surface area contributed by atoms with Crippen molar-refractivity contribution < 1.29 is 22.2 Å². The molecule has 0 saturated carbocycles. The van der Waals surface area contributed by atoms with Crippen molar-refractivity contribution >= 4 is 44.7 Å². The molecule has 22 heavy (non-hydrogen) atoms. The number of nitrogens with one attached hydrogen (secondary N) is 1. The van der Waals surface area contributed by atoms with Crippen molar-refractivity contribution in [2.24, 2.45) is 0 Å². The number of benzene rings is 2. The van der Waals surface area contributed by atoms with Gasteiger partial charge in [-0.2, -0.15) is 0 Å². The maximum absolute atomic E-state index is 9.31. The van der Waals surface area contributed by atoms with E-state index in [0.29, 0.717) is 5.52 Å². The fraction of sp³-hybridized carbons (Fsp3) is 0. The van der Waals surface area contributed by atoms with Crippen LogP contribution in [0.5, 0.6) is 5.75 Å². The number of rotatable bonds is 0. The predicted molar refractivity (Wildman–Crippen MR) is 90.4 cm³/mol. The molecule has 2 heterocycles. The van der Waals surface area contributed by atoms with Gasteiger partial charge in [-0.3, -0.25) is 4.98 Å². The van der Waals surface area contributed by atoms with E-state index in [0.717, 1.165) is 14.9 Å². The molecule has 6 heteroatoms. The van der Waals surface area contributed by atoms with Gasteiger partial charge < -0.3 is 10.1 Å². The molecule has 4 aromatic rings. The Balaban J connectivity index is 0.000000154. The molecule has 4 rings (SSSR count). The average Bonchev–Trinajstić information content (AvgIpc) is 2.88. The van der Waals surface area contributed by atoms with E-state index < -0.39 is 0 Å². The molecule has 0 atom stereocenters. The monoisotopic (exact) mass is 375 g/mol. The van der Waals surface area contributed by atoms with Crippen LogP contribution in [0.4, 0.5) is 0 Å². The van der Waals surface area contributed by atoms with Crippen LogP contribution in [-0.2, 0) is 17.1 Å². The molecule has 0 aliphatic rings. The van der Waals surface area contributed by atoms with Gasteiger partial charge in [0.2, 0.25) is 0 Å². The fourth-order valence-electron chi connectivity index (χ4n) is 1.98. The van der Waals surface area contributed by atoms with Crippen LogP contribution in [0.1, 0.15) is 0 Å². The molecule has 2 N–H and O–H groups in total. The zero-order valence-electron chi connectivity index (χ0n) is 11.3. The molecule has 0 bridgehead atoms. The number of phenols is 1. The topological polar surface area (TPSA) is 48.9 Å². The van der Waals surface area contributed by atoms with E-state index in [-0.39, 0.29) is 22.8 Å². The molecule has 0 spiro atoms. The van der Waals surface area contributed by atoms with Crippen LogP contribution in [0, 0.1) is 3.95 Å². The molecular formula is C16H12CuN2OS2. The van der Waals surface area contributed by atoms with E-state index in [1.807, 2.05) is 36.4 Å². The van der Waals surface area contributed by atoms with E-state index in [1.54, 1.807) is 29.7 Å². The van der Waals surface area contributed by atoms with Gasteiger partial charge in [-0.25, -0.2) is 0 Å². The Kier molecular flexibility index (Phi) is 5.69. The standard InChI is InChI=1S/C9H7NO.C7H5NS2.Cu/c11-8-5-1-3-7-4-2-6-10-9(7)8;9-7-8-5-3-1-2-4-6(5)10-7;/h1-6,11H;1-4H,(H,8,9);. The van der Waals surface area contributed by atoms with Crippen molar-refractivity contribution in [3.8, 4) is 5.75 Å². The SMILES string of the molecule is Oc1cccc2cccnc12.S=c1[nH]c2ccccc2s1.[Cu]. The van der Waals surface area contributed by atoms with Gasteiger partial charge in [-0.1, -0.05) is 30.3 Å². The number of aromatic hydroxyl groups is 1. The summed E-state index contributed by atoms with van der Waals surface area (Å²) in [6.45, 7) is 0. The van der Waals surface area contributed by atoms with Gasteiger partial charge in [0.25, 0.3) is 0 Å². The van der Waals surface area contributed by atoms with Crippen LogP contribution in [0.25, 0.3) is 21.1 Å². The number of para-hydroxylation sites is 2. The van der Waals surface area contributed by atoms with Crippen LogP contribution in [0.15, 0.2) is 60.8 Å². The van der Waals surface area contributed by atoms with E-state index in [1.165, 1.54) is 4.70 Å². The second-order valence-corrected chi connectivity index (χ2v) is 6.08. The van der Waals surface area contributed by atoms with Crippen molar-refractivity contribution in [3.63, 3.8) is 0 Å². The van der Waals surface area contributed by atoms with Gasteiger partial charge in [0.05, 0.1) is 10.2 Å². The van der Waals surface area contributed by atoms with Crippen LogP contribution in [0.2, 0.25) is 0 Å². The number of aromatic amines is 1. The average molecular weight is 376 g/mol. The molecule has 0 saturated heterocycles. The van der Waals surface area contributed by atoms with Gasteiger partial charge in [0, 0.05) is 28.7 Å². The van der Waals surface area contributed by atoms with E-state index in [9.17, 15) is 5.11 Å². The Labute approximate surface area is 147 Å². The van der Waals surface area contributed by atoms with Crippen molar-refractivity contribution in [3.05, 3.63) is 64.7 Å². The number of thiazole rings is 1. The second-order valence-electron chi connectivity index (χ2n) is 4.36. The normalized spacial score (nSPS) is 9.82. The molecule has 3 nitrogen and oxygen atoms in total. The van der Waals surface area contributed by atoms with Crippen LogP contribution in [0.3, 0.4) is 0 Å². The van der Waals surface area contributed by atoms with Gasteiger partial charge in [-0.15, -0.1) is 11.3 Å². The van der Waals surface area contributed by atoms with Gasteiger partial charge in [0.15, 0.2) is 3.95 Å². The third kappa shape index (κ3) is 3.72. The third-order valence-corrected chi connectivity index (χ3v) is 4.15. The number of nitrogens with zero attached hydrogens (tertiary/aromatic N) is 1. The van der Waals surface area contributed by atoms with Crippen LogP contribution in [-0.4, -0.2) is 15.1 Å². The Hall–Kier alpha value is -1.72. The molecule has 1 radical (unpaired) electrons. The van der Waals surface area contributed by atoms with Crippen molar-refractivity contribution in [1.29, 1.82) is 0 Å². The minimum atomic E-state index is 0. The Bertz CT molecular complexity index is 908. The molecule has 0 fully saturated rings. The molecule has 115 valence electrons. The third-order valence-electron chi connectivity index (χ3n) is 2.94. The molecule has 0 aliphatic heterocycles. The second kappa shape index (κ2) is 7.51. The van der Waals surface area contributed by atoms with Crippen molar-refractivity contribution in [2.45, 2.75) is 0 Å². The molecule has 0 amide bonds. The minimum Gasteiger partial charge on any atom is -0.506 e. The summed E-state index contributed by atoms with van der Waals surface area (Å²) in [6, 6.07) is 17.2. The first-order valence-corrected chi connectivity index (χ1v) is 7.57. The summed E-state index contributed by atoms with van der Waals surface area (Å²) in [7, 11) is 0. The molecular weight excluding hydrogens is 364 g/mol. The van der Waals surface area contributed by atoms with Crippen LogP contribution >= 0.6 is 23.6 Å². The predicted octanol–water partition coefficient (Wildman–Crippen LogP) is 4.90. The van der Waals surface area contributed by atoms with Gasteiger partial charge in [0.1, 0.15) is 11.3 Å². The summed E-state index contributed by atoms with van der Waals surface area (Å²) in [6.07, 6.45) is 1.67. The minimum absolute atomic E-state index is 0. The summed E-state index contributed by atoms with van der Waals surface area (Å²) < 4.78 is 2.08. The number of aromatic nitrogens is 2. The number of hydrogen-bond acceptors (Lipinski definition) is 4. The molecule has 0 unspecified atom stereocenters. The summed E-state index contributed by atoms with van der Waals surface area (Å²) in [5, 5.41) is 10.3. The zero-order chi connectivity index (χ0) is 14.7. The Morgan fingerprint density at radius 3 is 2.55 bits per heavy atom. The van der Waals surface area contributed by atoms with Crippen molar-refractivity contribution in [1.82, 2.24) is 9.97 Å². The van der Waals surface area contributed by atoms with Gasteiger partial charge in [-0.05, 0) is 36.5 Å². The maximum Gasteiger partial charge on any atom is 0.159 e.